The number of hydrogen-bond donors (Lipinski definition) is 2. The largest absolute Gasteiger partial charge is 0.493 e. The third-order valence-corrected chi connectivity index (χ3v) is 9.04. The van der Waals surface area contributed by atoms with E-state index in [4.69, 9.17) is 4.74 Å². The summed E-state index contributed by atoms with van der Waals surface area (Å²) in [4.78, 5) is 12.9. The lowest BCUT2D eigenvalue weighted by Crippen LogP contribution is -2.38. The SMILES string of the molecule is CC1(S(=O)(=O)NC(=O)c2ccccc2-c2ccc3c(c2)OCC(Cc2ccccc2)[C@H]3O)CC1. The molecule has 2 atom stereocenters. The number of sulfonamides is 1. The average Bonchev–Trinajstić information content (AvgIpc) is 3.60. The van der Waals surface area contributed by atoms with Crippen molar-refractivity contribution >= 4 is 15.9 Å². The van der Waals surface area contributed by atoms with Crippen molar-refractivity contribution in [1.82, 2.24) is 4.72 Å². The van der Waals surface area contributed by atoms with Crippen molar-refractivity contribution < 1.29 is 23.1 Å². The predicted octanol–water partition coefficient (Wildman–Crippen LogP) is 4.25. The van der Waals surface area contributed by atoms with Crippen LogP contribution in [-0.2, 0) is 16.4 Å². The maximum Gasteiger partial charge on any atom is 0.265 e. The van der Waals surface area contributed by atoms with E-state index in [1.54, 1.807) is 37.3 Å². The molecule has 0 spiro atoms. The van der Waals surface area contributed by atoms with E-state index in [1.807, 2.05) is 42.5 Å². The predicted molar refractivity (Wildman–Crippen MR) is 130 cm³/mol. The smallest absolute Gasteiger partial charge is 0.265 e. The van der Waals surface area contributed by atoms with Gasteiger partial charge in [-0.15, -0.1) is 0 Å². The van der Waals surface area contributed by atoms with Gasteiger partial charge in [0.25, 0.3) is 5.91 Å². The van der Waals surface area contributed by atoms with Crippen molar-refractivity contribution in [3.05, 3.63) is 89.5 Å². The van der Waals surface area contributed by atoms with E-state index in [0.717, 1.165) is 5.56 Å². The number of amides is 1. The highest BCUT2D eigenvalue weighted by Gasteiger charge is 2.51. The zero-order valence-electron chi connectivity index (χ0n) is 18.9. The number of hydrogen-bond acceptors (Lipinski definition) is 5. The molecule has 0 saturated heterocycles. The summed E-state index contributed by atoms with van der Waals surface area (Å²) < 4.78 is 32.5. The number of ether oxygens (including phenoxy) is 1. The van der Waals surface area contributed by atoms with Crippen LogP contribution in [0.5, 0.6) is 5.75 Å². The normalized spacial score (nSPS) is 20.6. The molecule has 2 N–H and O–H groups in total. The summed E-state index contributed by atoms with van der Waals surface area (Å²) in [6.07, 6.45) is 1.14. The first-order valence-electron chi connectivity index (χ1n) is 11.4. The maximum absolute atomic E-state index is 12.9. The molecule has 3 aromatic carbocycles. The quantitative estimate of drug-likeness (QED) is 0.554. The van der Waals surface area contributed by atoms with Gasteiger partial charge in [-0.3, -0.25) is 4.79 Å². The molecule has 1 aliphatic heterocycles. The highest BCUT2D eigenvalue weighted by molar-refractivity contribution is 7.91. The zero-order valence-corrected chi connectivity index (χ0v) is 19.7. The van der Waals surface area contributed by atoms with Gasteiger partial charge in [-0.05, 0) is 55.0 Å². The Kier molecular flexibility index (Phi) is 5.70. The molecule has 1 saturated carbocycles. The van der Waals surface area contributed by atoms with Crippen LogP contribution in [0.2, 0.25) is 0 Å². The van der Waals surface area contributed by atoms with Gasteiger partial charge < -0.3 is 9.84 Å². The van der Waals surface area contributed by atoms with Crippen LogP contribution in [-0.4, -0.2) is 30.8 Å². The highest BCUT2D eigenvalue weighted by Crippen LogP contribution is 2.43. The molecule has 1 fully saturated rings. The molecule has 3 aromatic rings. The molecule has 176 valence electrons. The number of aliphatic hydroxyl groups is 1. The molecule has 7 heteroatoms. The summed E-state index contributed by atoms with van der Waals surface area (Å²) in [6.45, 7) is 2.02. The van der Waals surface area contributed by atoms with Crippen molar-refractivity contribution in [2.45, 2.75) is 37.0 Å². The van der Waals surface area contributed by atoms with Crippen LogP contribution < -0.4 is 9.46 Å². The summed E-state index contributed by atoms with van der Waals surface area (Å²) in [7, 11) is -3.74. The highest BCUT2D eigenvalue weighted by atomic mass is 32.2. The van der Waals surface area contributed by atoms with Gasteiger partial charge >= 0.3 is 0 Å². The lowest BCUT2D eigenvalue weighted by molar-refractivity contribution is 0.0508. The molecule has 6 nitrogen and oxygen atoms in total. The summed E-state index contributed by atoms with van der Waals surface area (Å²) in [5.74, 6) is -0.138. The molecule has 0 radical (unpaired) electrons. The van der Waals surface area contributed by atoms with Gasteiger partial charge in [0.05, 0.1) is 17.5 Å². The van der Waals surface area contributed by atoms with Gasteiger partial charge in [-0.2, -0.15) is 0 Å². The second-order valence-electron chi connectivity index (χ2n) is 9.39. The first-order valence-corrected chi connectivity index (χ1v) is 12.9. The number of fused-ring (bicyclic) bond motifs is 1. The van der Waals surface area contributed by atoms with Crippen molar-refractivity contribution in [2.24, 2.45) is 5.92 Å². The average molecular weight is 478 g/mol. The zero-order chi connectivity index (χ0) is 23.9. The van der Waals surface area contributed by atoms with Gasteiger partial charge in [0.15, 0.2) is 0 Å². The number of aliphatic hydroxyl groups excluding tert-OH is 1. The minimum Gasteiger partial charge on any atom is -0.493 e. The fourth-order valence-electron chi connectivity index (χ4n) is 4.38. The maximum atomic E-state index is 12.9. The van der Waals surface area contributed by atoms with Gasteiger partial charge in [0, 0.05) is 17.0 Å². The van der Waals surface area contributed by atoms with Crippen LogP contribution in [0.4, 0.5) is 0 Å². The molecule has 0 aromatic heterocycles. The molecule has 1 amide bonds. The van der Waals surface area contributed by atoms with Crippen molar-refractivity contribution in [2.75, 3.05) is 6.61 Å². The molecule has 2 aliphatic rings. The molecular weight excluding hydrogens is 450 g/mol. The number of carbonyl (C=O) groups excluding carboxylic acids is 1. The minimum atomic E-state index is -3.74. The number of benzene rings is 3. The standard InChI is InChI=1S/C27H27NO5S/c1-27(13-14-27)34(31,32)28-26(30)22-10-6-5-9-21(22)19-11-12-23-24(16-19)33-17-20(25(23)29)15-18-7-3-2-4-8-18/h2-12,16,20,25,29H,13-15,17H2,1H3,(H,28,30)/t20?,25-/m1/s1. The van der Waals surface area contributed by atoms with E-state index < -0.39 is 26.8 Å². The lowest BCUT2D eigenvalue weighted by atomic mass is 9.87. The van der Waals surface area contributed by atoms with Gasteiger partial charge in [0.1, 0.15) is 5.75 Å². The Morgan fingerprint density at radius 2 is 1.76 bits per heavy atom. The third kappa shape index (κ3) is 4.21. The van der Waals surface area contributed by atoms with E-state index in [0.29, 0.717) is 48.3 Å². The Balaban J connectivity index is 1.40. The van der Waals surface area contributed by atoms with Gasteiger partial charge in [-0.1, -0.05) is 60.7 Å². The van der Waals surface area contributed by atoms with Crippen LogP contribution in [0.3, 0.4) is 0 Å². The Bertz CT molecular complexity index is 1330. The Morgan fingerprint density at radius 1 is 1.06 bits per heavy atom. The van der Waals surface area contributed by atoms with E-state index >= 15 is 0 Å². The summed E-state index contributed by atoms with van der Waals surface area (Å²) in [5.41, 5.74) is 3.44. The lowest BCUT2D eigenvalue weighted by Gasteiger charge is -2.31. The van der Waals surface area contributed by atoms with Crippen molar-refractivity contribution in [3.8, 4) is 16.9 Å². The second-order valence-corrected chi connectivity index (χ2v) is 11.6. The first kappa shape index (κ1) is 22.6. The third-order valence-electron chi connectivity index (χ3n) is 6.89. The van der Waals surface area contributed by atoms with E-state index in [-0.39, 0.29) is 11.5 Å². The molecule has 1 unspecified atom stereocenters. The molecule has 0 bridgehead atoms. The molecule has 1 heterocycles. The first-order chi connectivity index (χ1) is 16.3. The second kappa shape index (κ2) is 8.56. The molecule has 34 heavy (non-hydrogen) atoms. The summed E-state index contributed by atoms with van der Waals surface area (Å²) in [5, 5.41) is 11.0. The van der Waals surface area contributed by atoms with Crippen LogP contribution in [0, 0.1) is 5.92 Å². The van der Waals surface area contributed by atoms with Crippen LogP contribution in [0.15, 0.2) is 72.8 Å². The monoisotopic (exact) mass is 477 g/mol. The van der Waals surface area contributed by atoms with E-state index in [1.165, 1.54) is 0 Å². The van der Waals surface area contributed by atoms with Crippen LogP contribution in [0.25, 0.3) is 11.1 Å². The fraction of sp³-hybridized carbons (Fsp3) is 0.296. The van der Waals surface area contributed by atoms with Crippen molar-refractivity contribution in [3.63, 3.8) is 0 Å². The van der Waals surface area contributed by atoms with E-state index in [9.17, 15) is 18.3 Å². The Hall–Kier alpha value is -3.16. The fourth-order valence-corrected chi connectivity index (χ4v) is 5.62. The number of rotatable bonds is 6. The molecule has 1 aliphatic carbocycles. The van der Waals surface area contributed by atoms with Crippen molar-refractivity contribution in [1.29, 1.82) is 0 Å². The Labute approximate surface area is 199 Å². The van der Waals surface area contributed by atoms with Crippen LogP contribution >= 0.6 is 0 Å². The minimum absolute atomic E-state index is 0.0622. The van der Waals surface area contributed by atoms with Crippen LogP contribution in [0.1, 0.15) is 47.4 Å². The summed E-state index contributed by atoms with van der Waals surface area (Å²) >= 11 is 0. The topological polar surface area (TPSA) is 92.7 Å². The molecule has 5 rings (SSSR count). The summed E-state index contributed by atoms with van der Waals surface area (Å²) in [6, 6.07) is 22.4. The van der Waals surface area contributed by atoms with Gasteiger partial charge in [0.2, 0.25) is 10.0 Å². The van der Waals surface area contributed by atoms with E-state index in [2.05, 4.69) is 4.72 Å². The Morgan fingerprint density at radius 3 is 2.50 bits per heavy atom. The number of nitrogens with one attached hydrogen (secondary N) is 1. The molecular formula is C27H27NO5S. The van der Waals surface area contributed by atoms with Gasteiger partial charge in [-0.25, -0.2) is 13.1 Å². The number of carbonyl (C=O) groups is 1.